The summed E-state index contributed by atoms with van der Waals surface area (Å²) in [6.07, 6.45) is 2.07. The summed E-state index contributed by atoms with van der Waals surface area (Å²) in [6.45, 7) is 3.92. The van der Waals surface area contributed by atoms with E-state index >= 15 is 0 Å². The number of aliphatic hydroxyl groups excluding tert-OH is 1. The minimum atomic E-state index is -0.322. The molecule has 0 aliphatic heterocycles. The van der Waals surface area contributed by atoms with E-state index in [1.807, 2.05) is 36.6 Å². The van der Waals surface area contributed by atoms with Crippen molar-refractivity contribution in [2.75, 3.05) is 5.75 Å². The van der Waals surface area contributed by atoms with E-state index < -0.39 is 0 Å². The van der Waals surface area contributed by atoms with Crippen molar-refractivity contribution < 1.29 is 5.11 Å². The maximum absolute atomic E-state index is 9.60. The minimum absolute atomic E-state index is 0.322. The largest absolute Gasteiger partial charge is 0.392 e. The summed E-state index contributed by atoms with van der Waals surface area (Å²) in [4.78, 5) is 0. The van der Waals surface area contributed by atoms with Gasteiger partial charge in [-0.3, -0.25) is 4.57 Å². The predicted octanol–water partition coefficient (Wildman–Crippen LogP) is 3.09. The number of aryl methyl sites for hydroxylation is 1. The molecule has 1 N–H and O–H groups in total. The summed E-state index contributed by atoms with van der Waals surface area (Å²) >= 11 is 7.62. The number of hydrogen-bond acceptors (Lipinski definition) is 4. The Morgan fingerprint density at radius 1 is 1.47 bits per heavy atom. The van der Waals surface area contributed by atoms with Gasteiger partial charge in [0.1, 0.15) is 6.33 Å². The van der Waals surface area contributed by atoms with Gasteiger partial charge in [-0.2, -0.15) is 0 Å². The van der Waals surface area contributed by atoms with Crippen LogP contribution in [0.25, 0.3) is 5.69 Å². The lowest BCUT2D eigenvalue weighted by atomic mass is 10.2. The fourth-order valence-electron chi connectivity index (χ4n) is 1.52. The van der Waals surface area contributed by atoms with Crippen molar-refractivity contribution in [2.24, 2.45) is 0 Å². The Balaban J connectivity index is 2.21. The average molecular weight is 298 g/mol. The standard InChI is InChI=1S/C13H16ClN3OS/c1-3-11(18)7-19-13-16-15-8-17(13)10-5-4-9(2)12(14)6-10/h4-6,8,11,18H,3,7H2,1-2H3/t11-/m1/s1. The minimum Gasteiger partial charge on any atom is -0.392 e. The molecule has 0 aliphatic rings. The number of hydrogen-bond donors (Lipinski definition) is 1. The SMILES string of the molecule is CC[C@@H](O)CSc1nncn1-c1ccc(C)c(Cl)c1. The van der Waals surface area contributed by atoms with Crippen LogP contribution in [0.15, 0.2) is 29.7 Å². The zero-order chi connectivity index (χ0) is 13.8. The summed E-state index contributed by atoms with van der Waals surface area (Å²) in [5.41, 5.74) is 1.96. The van der Waals surface area contributed by atoms with Gasteiger partial charge in [0.2, 0.25) is 0 Å². The summed E-state index contributed by atoms with van der Waals surface area (Å²) in [7, 11) is 0. The fraction of sp³-hybridized carbons (Fsp3) is 0.385. The van der Waals surface area contributed by atoms with E-state index in [1.54, 1.807) is 6.33 Å². The fourth-order valence-corrected chi connectivity index (χ4v) is 2.67. The van der Waals surface area contributed by atoms with Crippen LogP contribution >= 0.6 is 23.4 Å². The second-order valence-electron chi connectivity index (χ2n) is 4.29. The molecule has 1 heterocycles. The van der Waals surface area contributed by atoms with E-state index in [2.05, 4.69) is 10.2 Å². The lowest BCUT2D eigenvalue weighted by Gasteiger charge is -2.09. The molecule has 0 spiro atoms. The molecule has 0 aliphatic carbocycles. The quantitative estimate of drug-likeness (QED) is 0.862. The molecule has 0 fully saturated rings. The highest BCUT2D eigenvalue weighted by molar-refractivity contribution is 7.99. The van der Waals surface area contributed by atoms with E-state index in [0.29, 0.717) is 5.75 Å². The van der Waals surface area contributed by atoms with Crippen LogP contribution in [0.5, 0.6) is 0 Å². The molecule has 4 nitrogen and oxygen atoms in total. The van der Waals surface area contributed by atoms with Crippen LogP contribution in [-0.4, -0.2) is 31.7 Å². The number of nitrogens with zero attached hydrogens (tertiary/aromatic N) is 3. The van der Waals surface area contributed by atoms with Gasteiger partial charge in [-0.15, -0.1) is 10.2 Å². The zero-order valence-corrected chi connectivity index (χ0v) is 12.4. The van der Waals surface area contributed by atoms with Gasteiger partial charge in [-0.1, -0.05) is 36.4 Å². The second kappa shape index (κ2) is 6.41. The maximum Gasteiger partial charge on any atom is 0.195 e. The summed E-state index contributed by atoms with van der Waals surface area (Å²) < 4.78 is 1.87. The Kier molecular flexibility index (Phi) is 4.85. The van der Waals surface area contributed by atoms with E-state index in [4.69, 9.17) is 11.6 Å². The molecular formula is C13H16ClN3OS. The molecule has 0 amide bonds. The highest BCUT2D eigenvalue weighted by Gasteiger charge is 2.10. The van der Waals surface area contributed by atoms with Gasteiger partial charge in [0.25, 0.3) is 0 Å². The third kappa shape index (κ3) is 3.49. The Bertz CT molecular complexity index is 559. The normalized spacial score (nSPS) is 12.6. The van der Waals surface area contributed by atoms with Gasteiger partial charge in [-0.25, -0.2) is 0 Å². The van der Waals surface area contributed by atoms with E-state index in [1.165, 1.54) is 11.8 Å². The van der Waals surface area contributed by atoms with Crippen LogP contribution in [0, 0.1) is 6.92 Å². The van der Waals surface area contributed by atoms with Gasteiger partial charge in [0.05, 0.1) is 11.8 Å². The van der Waals surface area contributed by atoms with E-state index in [0.717, 1.165) is 27.9 Å². The van der Waals surface area contributed by atoms with Gasteiger partial charge in [0, 0.05) is 10.8 Å². The second-order valence-corrected chi connectivity index (χ2v) is 5.68. The van der Waals surface area contributed by atoms with Crippen molar-refractivity contribution in [1.29, 1.82) is 0 Å². The summed E-state index contributed by atoms with van der Waals surface area (Å²) in [5, 5.41) is 19.1. The van der Waals surface area contributed by atoms with Crippen molar-refractivity contribution in [3.05, 3.63) is 35.1 Å². The molecule has 1 atom stereocenters. The first-order valence-corrected chi connectivity index (χ1v) is 7.45. The number of aliphatic hydroxyl groups is 1. The molecular weight excluding hydrogens is 282 g/mol. The van der Waals surface area contributed by atoms with Crippen molar-refractivity contribution in [3.63, 3.8) is 0 Å². The topological polar surface area (TPSA) is 50.9 Å². The van der Waals surface area contributed by atoms with Gasteiger partial charge in [0.15, 0.2) is 5.16 Å². The Hall–Kier alpha value is -1.04. The van der Waals surface area contributed by atoms with Crippen molar-refractivity contribution in [3.8, 4) is 5.69 Å². The molecule has 102 valence electrons. The third-order valence-corrected chi connectivity index (χ3v) is 4.32. The molecule has 0 unspecified atom stereocenters. The van der Waals surface area contributed by atoms with Crippen LogP contribution in [0.3, 0.4) is 0 Å². The summed E-state index contributed by atoms with van der Waals surface area (Å²) in [5.74, 6) is 0.606. The molecule has 1 aromatic heterocycles. The monoisotopic (exact) mass is 297 g/mol. The number of benzene rings is 1. The van der Waals surface area contributed by atoms with Crippen LogP contribution in [0.4, 0.5) is 0 Å². The van der Waals surface area contributed by atoms with Crippen molar-refractivity contribution in [2.45, 2.75) is 31.5 Å². The molecule has 0 bridgehead atoms. The molecule has 19 heavy (non-hydrogen) atoms. The lowest BCUT2D eigenvalue weighted by molar-refractivity contribution is 0.195. The van der Waals surface area contributed by atoms with Gasteiger partial charge >= 0.3 is 0 Å². The Morgan fingerprint density at radius 3 is 2.95 bits per heavy atom. The molecule has 0 radical (unpaired) electrons. The zero-order valence-electron chi connectivity index (χ0n) is 10.9. The number of halogens is 1. The molecule has 2 rings (SSSR count). The highest BCUT2D eigenvalue weighted by Crippen LogP contribution is 2.24. The van der Waals surface area contributed by atoms with Gasteiger partial charge in [-0.05, 0) is 31.0 Å². The lowest BCUT2D eigenvalue weighted by Crippen LogP contribution is -2.08. The Labute approximate surface area is 121 Å². The third-order valence-electron chi connectivity index (χ3n) is 2.83. The predicted molar refractivity (Wildman–Crippen MR) is 78.1 cm³/mol. The molecule has 6 heteroatoms. The number of aromatic nitrogens is 3. The van der Waals surface area contributed by atoms with E-state index in [9.17, 15) is 5.11 Å². The molecule has 1 aromatic carbocycles. The molecule has 0 saturated heterocycles. The molecule has 0 saturated carbocycles. The van der Waals surface area contributed by atoms with Crippen molar-refractivity contribution >= 4 is 23.4 Å². The first kappa shape index (κ1) is 14.4. The van der Waals surface area contributed by atoms with Crippen molar-refractivity contribution in [1.82, 2.24) is 14.8 Å². The van der Waals surface area contributed by atoms with Crippen LogP contribution in [-0.2, 0) is 0 Å². The average Bonchev–Trinajstić information content (AvgIpc) is 2.87. The first-order chi connectivity index (χ1) is 9.11. The molecule has 2 aromatic rings. The van der Waals surface area contributed by atoms with Gasteiger partial charge < -0.3 is 5.11 Å². The number of thioether (sulfide) groups is 1. The smallest absolute Gasteiger partial charge is 0.195 e. The maximum atomic E-state index is 9.60. The highest BCUT2D eigenvalue weighted by atomic mass is 35.5. The van der Waals surface area contributed by atoms with Crippen LogP contribution < -0.4 is 0 Å². The first-order valence-electron chi connectivity index (χ1n) is 6.09. The van der Waals surface area contributed by atoms with E-state index in [-0.39, 0.29) is 6.10 Å². The Morgan fingerprint density at radius 2 is 2.26 bits per heavy atom. The van der Waals surface area contributed by atoms with Crippen LogP contribution in [0.1, 0.15) is 18.9 Å². The summed E-state index contributed by atoms with van der Waals surface area (Å²) in [6, 6.07) is 5.83. The number of rotatable bonds is 5. The van der Waals surface area contributed by atoms with Crippen LogP contribution in [0.2, 0.25) is 5.02 Å².